The summed E-state index contributed by atoms with van der Waals surface area (Å²) in [6.07, 6.45) is 23.5. The van der Waals surface area contributed by atoms with Crippen LogP contribution in [0.1, 0.15) is 5.76 Å². The largest absolute Gasteiger partial charge is 0.464 e. The standard InChI is InChI=1S/C24H14N4O/c1-2-24(29-9-1)22-13-21-12-19-6-5-17(26-19)10-15-3-4-16(25-15)11-18-7-8-20(27-18)14-23(22)28-21/h1-14H. The first-order valence-corrected chi connectivity index (χ1v) is 9.30. The predicted octanol–water partition coefficient (Wildman–Crippen LogP) is 4.70. The van der Waals surface area contributed by atoms with Gasteiger partial charge in [-0.05, 0) is 79.0 Å². The molecule has 8 bridgehead atoms. The number of rotatable bonds is 1. The highest BCUT2D eigenvalue weighted by Crippen LogP contribution is 2.29. The van der Waals surface area contributed by atoms with Crippen molar-refractivity contribution in [2.45, 2.75) is 0 Å². The van der Waals surface area contributed by atoms with E-state index in [0.29, 0.717) is 0 Å². The molecule has 0 aromatic carbocycles. The van der Waals surface area contributed by atoms with Crippen molar-refractivity contribution in [3.63, 3.8) is 0 Å². The predicted molar refractivity (Wildman–Crippen MR) is 116 cm³/mol. The summed E-state index contributed by atoms with van der Waals surface area (Å²) in [4.78, 5) is 18.8. The van der Waals surface area contributed by atoms with E-state index in [-0.39, 0.29) is 0 Å². The van der Waals surface area contributed by atoms with Gasteiger partial charge in [0.05, 0.1) is 51.9 Å². The Morgan fingerprint density at radius 3 is 1.72 bits per heavy atom. The molecule has 6 heterocycles. The molecule has 0 aliphatic carbocycles. The van der Waals surface area contributed by atoms with Crippen LogP contribution in [0, 0.1) is 0 Å². The Kier molecular flexibility index (Phi) is 3.40. The minimum atomic E-state index is 0.775. The molecular weight excluding hydrogens is 360 g/mol. The molecule has 0 radical (unpaired) electrons. The smallest absolute Gasteiger partial charge is 0.136 e. The van der Waals surface area contributed by atoms with E-state index in [9.17, 15) is 0 Å². The zero-order valence-electron chi connectivity index (χ0n) is 15.3. The van der Waals surface area contributed by atoms with E-state index < -0.39 is 0 Å². The van der Waals surface area contributed by atoms with Crippen molar-refractivity contribution in [2.75, 3.05) is 0 Å². The zero-order chi connectivity index (χ0) is 19.2. The highest BCUT2D eigenvalue weighted by atomic mass is 16.3. The van der Waals surface area contributed by atoms with Gasteiger partial charge in [-0.1, -0.05) is 0 Å². The first-order chi connectivity index (χ1) is 14.3. The average molecular weight is 374 g/mol. The van der Waals surface area contributed by atoms with Crippen LogP contribution in [0.15, 0.2) is 132 Å². The second kappa shape index (κ2) is 6.21. The monoisotopic (exact) mass is 374 g/mol. The van der Waals surface area contributed by atoms with E-state index in [1.807, 2.05) is 79.0 Å². The highest BCUT2D eigenvalue weighted by Gasteiger charge is 2.19. The van der Waals surface area contributed by atoms with Gasteiger partial charge in [-0.25, -0.2) is 20.0 Å². The fourth-order valence-electron chi connectivity index (χ4n) is 3.53. The van der Waals surface area contributed by atoms with Gasteiger partial charge >= 0.3 is 0 Å². The molecule has 0 saturated heterocycles. The number of hydrogen-bond donors (Lipinski definition) is 0. The Hall–Kier alpha value is -4.12. The minimum absolute atomic E-state index is 0.775. The maximum atomic E-state index is 5.62. The van der Waals surface area contributed by atoms with Crippen LogP contribution < -0.4 is 0 Å². The van der Waals surface area contributed by atoms with Crippen molar-refractivity contribution in [3.8, 4) is 0 Å². The molecule has 29 heavy (non-hydrogen) atoms. The quantitative estimate of drug-likeness (QED) is 0.703. The number of fused-ring (bicyclic) bond motifs is 4. The van der Waals surface area contributed by atoms with Gasteiger partial charge < -0.3 is 4.42 Å². The molecule has 0 spiro atoms. The first kappa shape index (κ1) is 15.9. The first-order valence-electron chi connectivity index (χ1n) is 9.30. The van der Waals surface area contributed by atoms with Crippen LogP contribution in [0.2, 0.25) is 0 Å². The Labute approximate surface area is 167 Å². The summed E-state index contributed by atoms with van der Waals surface area (Å²) in [7, 11) is 0. The summed E-state index contributed by atoms with van der Waals surface area (Å²) >= 11 is 0. The van der Waals surface area contributed by atoms with E-state index in [4.69, 9.17) is 9.41 Å². The van der Waals surface area contributed by atoms with Crippen LogP contribution in [0.5, 0.6) is 0 Å². The normalized spacial score (nSPS) is 21.2. The fourth-order valence-corrected chi connectivity index (χ4v) is 3.53. The van der Waals surface area contributed by atoms with Gasteiger partial charge in [-0.15, -0.1) is 0 Å². The summed E-state index contributed by atoms with van der Waals surface area (Å²) in [5.74, 6) is 0.775. The van der Waals surface area contributed by atoms with E-state index in [0.717, 1.165) is 57.0 Å². The maximum Gasteiger partial charge on any atom is 0.136 e. The van der Waals surface area contributed by atoms with Gasteiger partial charge in [-0.3, -0.25) is 0 Å². The van der Waals surface area contributed by atoms with Gasteiger partial charge in [0.2, 0.25) is 0 Å². The number of furan rings is 1. The molecule has 5 heteroatoms. The molecule has 0 unspecified atom stereocenters. The molecule has 1 aromatic rings. The molecule has 5 aliphatic heterocycles. The Morgan fingerprint density at radius 1 is 0.552 bits per heavy atom. The second-order valence-corrected chi connectivity index (χ2v) is 6.92. The average Bonchev–Trinajstić information content (AvgIpc) is 3.50. The number of nitrogens with zero attached hydrogens (tertiary/aromatic N) is 4. The van der Waals surface area contributed by atoms with E-state index >= 15 is 0 Å². The molecule has 5 aliphatic rings. The molecular formula is C24H14N4O. The van der Waals surface area contributed by atoms with Crippen LogP contribution in [0.3, 0.4) is 0 Å². The minimum Gasteiger partial charge on any atom is -0.464 e. The molecule has 0 amide bonds. The summed E-state index contributed by atoms with van der Waals surface area (Å²) in [6, 6.07) is 3.81. The van der Waals surface area contributed by atoms with Crippen molar-refractivity contribution >= 4 is 28.4 Å². The van der Waals surface area contributed by atoms with Crippen molar-refractivity contribution in [1.29, 1.82) is 0 Å². The van der Waals surface area contributed by atoms with Crippen molar-refractivity contribution in [2.24, 2.45) is 20.0 Å². The Morgan fingerprint density at radius 2 is 1.14 bits per heavy atom. The van der Waals surface area contributed by atoms with Crippen molar-refractivity contribution in [1.82, 2.24) is 0 Å². The SMILES string of the molecule is C1=CC2=NC1=CC1=NC(=CC3=NC(=CC4=NC(=C2)C=C4)C=C3c2ccco2)C=C1. The third kappa shape index (κ3) is 2.99. The second-order valence-electron chi connectivity index (χ2n) is 6.92. The molecule has 0 atom stereocenters. The Balaban J connectivity index is 1.52. The maximum absolute atomic E-state index is 5.62. The van der Waals surface area contributed by atoms with Crippen LogP contribution >= 0.6 is 0 Å². The zero-order valence-corrected chi connectivity index (χ0v) is 15.3. The van der Waals surface area contributed by atoms with Gasteiger partial charge in [-0.2, -0.15) is 0 Å². The van der Waals surface area contributed by atoms with Gasteiger partial charge in [0.1, 0.15) is 5.76 Å². The molecule has 5 nitrogen and oxygen atoms in total. The van der Waals surface area contributed by atoms with Gasteiger partial charge in [0.15, 0.2) is 0 Å². The van der Waals surface area contributed by atoms with Crippen molar-refractivity contribution in [3.05, 3.63) is 114 Å². The lowest BCUT2D eigenvalue weighted by Crippen LogP contribution is -1.95. The Bertz CT molecular complexity index is 1310. The van der Waals surface area contributed by atoms with E-state index in [1.165, 1.54) is 0 Å². The van der Waals surface area contributed by atoms with E-state index in [1.54, 1.807) is 6.26 Å². The van der Waals surface area contributed by atoms with Gasteiger partial charge in [0, 0.05) is 5.57 Å². The van der Waals surface area contributed by atoms with E-state index in [2.05, 4.69) is 15.0 Å². The van der Waals surface area contributed by atoms with Crippen LogP contribution in [-0.4, -0.2) is 22.8 Å². The number of hydrogen-bond acceptors (Lipinski definition) is 5. The third-order valence-corrected chi connectivity index (χ3v) is 4.83. The van der Waals surface area contributed by atoms with Crippen LogP contribution in [0.25, 0.3) is 5.57 Å². The summed E-state index contributed by atoms with van der Waals surface area (Å²) < 4.78 is 5.62. The topological polar surface area (TPSA) is 62.6 Å². The lowest BCUT2D eigenvalue weighted by Gasteiger charge is -1.99. The molecule has 136 valence electrons. The molecule has 0 fully saturated rings. The van der Waals surface area contributed by atoms with Crippen molar-refractivity contribution < 1.29 is 4.42 Å². The summed E-state index contributed by atoms with van der Waals surface area (Å²) in [6.45, 7) is 0. The highest BCUT2D eigenvalue weighted by molar-refractivity contribution is 6.32. The number of aliphatic imine (C=N–C) groups is 4. The molecule has 6 rings (SSSR count). The van der Waals surface area contributed by atoms with Crippen LogP contribution in [-0.2, 0) is 0 Å². The fraction of sp³-hybridized carbons (Fsp3) is 0. The lowest BCUT2D eigenvalue weighted by molar-refractivity contribution is 0.555. The van der Waals surface area contributed by atoms with Crippen LogP contribution in [0.4, 0.5) is 0 Å². The lowest BCUT2D eigenvalue weighted by atomic mass is 10.1. The molecule has 0 saturated carbocycles. The summed E-state index contributed by atoms with van der Waals surface area (Å²) in [5.41, 5.74) is 7.74. The molecule has 0 N–H and O–H groups in total. The number of allylic oxidation sites excluding steroid dienone is 12. The van der Waals surface area contributed by atoms with Gasteiger partial charge in [0.25, 0.3) is 0 Å². The summed E-state index contributed by atoms with van der Waals surface area (Å²) in [5, 5.41) is 0. The third-order valence-electron chi connectivity index (χ3n) is 4.83. The molecule has 1 aromatic heterocycles.